The van der Waals surface area contributed by atoms with E-state index >= 15 is 0 Å². The fourth-order valence-electron chi connectivity index (χ4n) is 2.37. The van der Waals surface area contributed by atoms with Gasteiger partial charge in [0.05, 0.1) is 5.71 Å². The van der Waals surface area contributed by atoms with E-state index in [1.54, 1.807) is 24.3 Å². The number of hydrogen-bond acceptors (Lipinski definition) is 5. The highest BCUT2D eigenvalue weighted by molar-refractivity contribution is 9.10. The van der Waals surface area contributed by atoms with Crippen molar-refractivity contribution in [3.05, 3.63) is 63.6 Å². The first-order chi connectivity index (χ1) is 13.4. The van der Waals surface area contributed by atoms with E-state index in [0.717, 1.165) is 10.0 Å². The lowest BCUT2D eigenvalue weighted by molar-refractivity contribution is -0.122. The fraction of sp³-hybridized carbons (Fsp3) is 0.158. The van der Waals surface area contributed by atoms with Gasteiger partial charge in [-0.3, -0.25) is 9.59 Å². The Kier molecular flexibility index (Phi) is 6.88. The third kappa shape index (κ3) is 5.67. The van der Waals surface area contributed by atoms with Crippen LogP contribution in [-0.2, 0) is 9.59 Å². The number of nitrogens with one attached hydrogen (secondary N) is 2. The minimum Gasteiger partial charge on any atom is -0.326 e. The summed E-state index contributed by atoms with van der Waals surface area (Å²) in [5.41, 5.74) is 2.25. The maximum Gasteiger partial charge on any atom is 0.240 e. The van der Waals surface area contributed by atoms with Gasteiger partial charge < -0.3 is 10.6 Å². The molecule has 1 atom stereocenters. The molecule has 144 valence electrons. The third-order valence-electron chi connectivity index (χ3n) is 3.83. The zero-order chi connectivity index (χ0) is 20.1. The second kappa shape index (κ2) is 9.36. The molecule has 0 aromatic heterocycles. The van der Waals surface area contributed by atoms with Crippen molar-refractivity contribution >= 4 is 67.7 Å². The molecule has 2 aromatic carbocycles. The summed E-state index contributed by atoms with van der Waals surface area (Å²) in [6, 6.07) is 14.5. The Morgan fingerprint density at radius 1 is 1.21 bits per heavy atom. The minimum atomic E-state index is -0.541. The van der Waals surface area contributed by atoms with Crippen LogP contribution in [0.5, 0.6) is 0 Å². The Balaban J connectivity index is 1.58. The van der Waals surface area contributed by atoms with Gasteiger partial charge in [0, 0.05) is 21.6 Å². The van der Waals surface area contributed by atoms with Crippen LogP contribution in [-0.4, -0.2) is 27.9 Å². The van der Waals surface area contributed by atoms with E-state index in [-0.39, 0.29) is 18.2 Å². The molecule has 1 fully saturated rings. The number of benzene rings is 2. The quantitative estimate of drug-likeness (QED) is 0.491. The monoisotopic (exact) mass is 478 g/mol. The summed E-state index contributed by atoms with van der Waals surface area (Å²) >= 11 is 10.4. The van der Waals surface area contributed by atoms with Gasteiger partial charge in [-0.25, -0.2) is 0 Å². The van der Waals surface area contributed by atoms with E-state index in [1.807, 2.05) is 31.2 Å². The molecule has 3 rings (SSSR count). The molecule has 1 unspecified atom stereocenters. The van der Waals surface area contributed by atoms with Gasteiger partial charge in [0.15, 0.2) is 5.17 Å². The number of thioether (sulfide) groups is 1. The highest BCUT2D eigenvalue weighted by atomic mass is 79.9. The number of amides is 2. The molecule has 28 heavy (non-hydrogen) atoms. The van der Waals surface area contributed by atoms with Crippen LogP contribution in [0.1, 0.15) is 18.9 Å². The molecule has 1 heterocycles. The van der Waals surface area contributed by atoms with E-state index in [1.165, 1.54) is 11.8 Å². The van der Waals surface area contributed by atoms with Crippen LogP contribution in [0.4, 0.5) is 5.69 Å². The molecule has 9 heteroatoms. The predicted molar refractivity (Wildman–Crippen MR) is 118 cm³/mol. The average Bonchev–Trinajstić information content (AvgIpc) is 3.01. The highest BCUT2D eigenvalue weighted by Gasteiger charge is 2.32. The largest absolute Gasteiger partial charge is 0.326 e. The van der Waals surface area contributed by atoms with E-state index in [4.69, 9.17) is 11.6 Å². The molecule has 0 aliphatic carbocycles. The molecule has 0 bridgehead atoms. The van der Waals surface area contributed by atoms with Gasteiger partial charge >= 0.3 is 0 Å². The molecular weight excluding hydrogens is 464 g/mol. The molecule has 0 saturated carbocycles. The van der Waals surface area contributed by atoms with Gasteiger partial charge in [-0.2, -0.15) is 5.10 Å². The van der Waals surface area contributed by atoms with Crippen LogP contribution in [0.15, 0.2) is 63.2 Å². The van der Waals surface area contributed by atoms with Crippen LogP contribution >= 0.6 is 39.3 Å². The van der Waals surface area contributed by atoms with Gasteiger partial charge in [0.1, 0.15) is 5.25 Å². The van der Waals surface area contributed by atoms with Crippen molar-refractivity contribution in [3.63, 3.8) is 0 Å². The second-order valence-electron chi connectivity index (χ2n) is 5.95. The zero-order valence-corrected chi connectivity index (χ0v) is 17.9. The summed E-state index contributed by atoms with van der Waals surface area (Å²) in [5, 5.41) is 14.2. The van der Waals surface area contributed by atoms with Crippen molar-refractivity contribution in [3.8, 4) is 0 Å². The van der Waals surface area contributed by atoms with Gasteiger partial charge in [-0.15, -0.1) is 5.10 Å². The molecule has 0 spiro atoms. The number of carbonyl (C=O) groups excluding carboxylic acids is 2. The maximum absolute atomic E-state index is 12.2. The molecule has 2 N–H and O–H groups in total. The van der Waals surface area contributed by atoms with Crippen LogP contribution in [0.3, 0.4) is 0 Å². The number of hydrogen-bond donors (Lipinski definition) is 2. The standard InChI is InChI=1S/C19H16BrClN4O2S/c1-11(12-2-6-14(21)7-3-12)24-25-19-23-18(27)16(28-19)10-17(26)22-15-8-4-13(20)5-9-15/h2-9,16H,10H2,1H3,(H,22,26)(H,23,25,27)/b24-11+. The lowest BCUT2D eigenvalue weighted by atomic mass is 10.1. The smallest absolute Gasteiger partial charge is 0.240 e. The molecule has 1 aliphatic heterocycles. The maximum atomic E-state index is 12.2. The summed E-state index contributed by atoms with van der Waals surface area (Å²) in [4.78, 5) is 24.3. The summed E-state index contributed by atoms with van der Waals surface area (Å²) in [7, 11) is 0. The first-order valence-electron chi connectivity index (χ1n) is 8.32. The predicted octanol–water partition coefficient (Wildman–Crippen LogP) is 4.44. The van der Waals surface area contributed by atoms with Gasteiger partial charge in [0.25, 0.3) is 0 Å². The Hall–Kier alpha value is -2.16. The number of rotatable bonds is 5. The van der Waals surface area contributed by atoms with Crippen LogP contribution < -0.4 is 10.6 Å². The van der Waals surface area contributed by atoms with Crippen LogP contribution in [0.2, 0.25) is 5.02 Å². The van der Waals surface area contributed by atoms with Gasteiger partial charge in [0.2, 0.25) is 11.8 Å². The Labute approximate surface area is 180 Å². The number of halogens is 2. The van der Waals surface area contributed by atoms with Crippen molar-refractivity contribution in [1.82, 2.24) is 5.32 Å². The van der Waals surface area contributed by atoms with Crippen molar-refractivity contribution in [1.29, 1.82) is 0 Å². The van der Waals surface area contributed by atoms with Crippen molar-refractivity contribution in [2.45, 2.75) is 18.6 Å². The summed E-state index contributed by atoms with van der Waals surface area (Å²) in [6.07, 6.45) is 0.0471. The molecule has 1 saturated heterocycles. The zero-order valence-electron chi connectivity index (χ0n) is 14.8. The van der Waals surface area contributed by atoms with E-state index in [2.05, 4.69) is 36.8 Å². The van der Waals surface area contributed by atoms with Gasteiger partial charge in [-0.05, 0) is 48.9 Å². The highest BCUT2D eigenvalue weighted by Crippen LogP contribution is 2.23. The topological polar surface area (TPSA) is 82.9 Å². The third-order valence-corrected chi connectivity index (χ3v) is 5.68. The number of carbonyl (C=O) groups is 2. The van der Waals surface area contributed by atoms with E-state index in [9.17, 15) is 9.59 Å². The molecular formula is C19H16BrClN4O2S. The lowest BCUT2D eigenvalue weighted by Gasteiger charge is -2.07. The van der Waals surface area contributed by atoms with Crippen molar-refractivity contribution in [2.24, 2.45) is 10.2 Å². The molecule has 6 nitrogen and oxygen atoms in total. The summed E-state index contributed by atoms with van der Waals surface area (Å²) < 4.78 is 0.923. The minimum absolute atomic E-state index is 0.0471. The molecule has 2 aromatic rings. The van der Waals surface area contributed by atoms with Crippen molar-refractivity contribution in [2.75, 3.05) is 5.32 Å². The van der Waals surface area contributed by atoms with E-state index < -0.39 is 5.25 Å². The summed E-state index contributed by atoms with van der Waals surface area (Å²) in [5.74, 6) is -0.494. The van der Waals surface area contributed by atoms with Crippen LogP contribution in [0.25, 0.3) is 0 Å². The number of anilines is 1. The number of amidine groups is 1. The SMILES string of the molecule is C/C(=N\N=C1/NC(=O)C(CC(=O)Nc2ccc(Br)cc2)S1)c1ccc(Cl)cc1. The van der Waals surface area contributed by atoms with Gasteiger partial charge in [-0.1, -0.05) is 51.4 Å². The van der Waals surface area contributed by atoms with E-state index in [0.29, 0.717) is 21.6 Å². The fourth-order valence-corrected chi connectivity index (χ4v) is 3.68. The first kappa shape index (κ1) is 20.6. The van der Waals surface area contributed by atoms with Crippen molar-refractivity contribution < 1.29 is 9.59 Å². The molecule has 1 aliphatic rings. The molecule has 2 amide bonds. The summed E-state index contributed by atoms with van der Waals surface area (Å²) in [6.45, 7) is 1.82. The average molecular weight is 480 g/mol. The Morgan fingerprint density at radius 3 is 2.57 bits per heavy atom. The Morgan fingerprint density at radius 2 is 1.89 bits per heavy atom. The Bertz CT molecular complexity index is 945. The normalized spacial score (nSPS) is 18.2. The molecule has 0 radical (unpaired) electrons. The lowest BCUT2D eigenvalue weighted by Crippen LogP contribution is -2.28. The number of nitrogens with zero attached hydrogens (tertiary/aromatic N) is 2. The van der Waals surface area contributed by atoms with Crippen LogP contribution in [0, 0.1) is 0 Å². The second-order valence-corrected chi connectivity index (χ2v) is 8.50. The first-order valence-corrected chi connectivity index (χ1v) is 10.4.